The second-order valence-electron chi connectivity index (χ2n) is 10.9. The fourth-order valence-corrected chi connectivity index (χ4v) is 5.00. The first-order valence-corrected chi connectivity index (χ1v) is 14.1. The number of amides is 3. The summed E-state index contributed by atoms with van der Waals surface area (Å²) in [5.74, 6) is -0.366. The molecular weight excluding hydrogens is 526 g/mol. The number of rotatable bonds is 10. The first-order valence-electron chi connectivity index (χ1n) is 14.1. The van der Waals surface area contributed by atoms with Crippen LogP contribution < -0.4 is 15.0 Å². The molecule has 0 saturated carbocycles. The summed E-state index contributed by atoms with van der Waals surface area (Å²) >= 11 is 0. The Labute approximate surface area is 246 Å². The number of fused-ring (bicyclic) bond motifs is 1. The average Bonchev–Trinajstić information content (AvgIpc) is 3.01. The van der Waals surface area contributed by atoms with Crippen molar-refractivity contribution in [2.24, 2.45) is 0 Å². The summed E-state index contributed by atoms with van der Waals surface area (Å²) in [6.07, 6.45) is 0.702. The van der Waals surface area contributed by atoms with E-state index in [4.69, 9.17) is 4.74 Å². The quantitative estimate of drug-likeness (QED) is 0.282. The molecule has 0 spiro atoms. The van der Waals surface area contributed by atoms with E-state index < -0.39 is 5.60 Å². The molecule has 7 heteroatoms. The molecule has 0 atom stereocenters. The van der Waals surface area contributed by atoms with Gasteiger partial charge in [0, 0.05) is 25.2 Å². The van der Waals surface area contributed by atoms with E-state index in [0.717, 1.165) is 16.7 Å². The van der Waals surface area contributed by atoms with Gasteiger partial charge in [-0.2, -0.15) is 0 Å². The van der Waals surface area contributed by atoms with Gasteiger partial charge in [-0.15, -0.1) is 0 Å². The predicted octanol–water partition coefficient (Wildman–Crippen LogP) is 5.39. The third-order valence-corrected chi connectivity index (χ3v) is 7.27. The molecule has 0 unspecified atom stereocenters. The van der Waals surface area contributed by atoms with Crippen molar-refractivity contribution in [1.29, 1.82) is 0 Å². The fourth-order valence-electron chi connectivity index (χ4n) is 5.00. The monoisotopic (exact) mass is 561 g/mol. The van der Waals surface area contributed by atoms with Gasteiger partial charge in [-0.05, 0) is 55.2 Å². The van der Waals surface area contributed by atoms with E-state index in [9.17, 15) is 14.4 Å². The highest BCUT2D eigenvalue weighted by molar-refractivity contribution is 6.07. The van der Waals surface area contributed by atoms with Crippen LogP contribution in [-0.4, -0.2) is 41.3 Å². The van der Waals surface area contributed by atoms with Crippen LogP contribution in [0.4, 0.5) is 5.69 Å². The van der Waals surface area contributed by atoms with Crippen LogP contribution in [0.2, 0.25) is 0 Å². The van der Waals surface area contributed by atoms with E-state index >= 15 is 0 Å². The predicted molar refractivity (Wildman–Crippen MR) is 163 cm³/mol. The summed E-state index contributed by atoms with van der Waals surface area (Å²) in [4.78, 5) is 43.6. The topological polar surface area (TPSA) is 79.0 Å². The summed E-state index contributed by atoms with van der Waals surface area (Å²) in [7, 11) is 0. The van der Waals surface area contributed by atoms with Gasteiger partial charge in [-0.3, -0.25) is 19.3 Å². The Morgan fingerprint density at radius 2 is 1.40 bits per heavy atom. The molecule has 7 nitrogen and oxygen atoms in total. The van der Waals surface area contributed by atoms with E-state index in [1.165, 1.54) is 4.90 Å². The molecule has 0 saturated heterocycles. The lowest BCUT2D eigenvalue weighted by Crippen LogP contribution is -2.55. The summed E-state index contributed by atoms with van der Waals surface area (Å²) < 4.78 is 6.02. The molecule has 5 rings (SSSR count). The van der Waals surface area contributed by atoms with Crippen LogP contribution in [0.3, 0.4) is 0 Å². The summed E-state index contributed by atoms with van der Waals surface area (Å²) in [5.41, 5.74) is 2.79. The molecule has 0 fully saturated rings. The van der Waals surface area contributed by atoms with Crippen molar-refractivity contribution in [2.75, 3.05) is 18.0 Å². The molecule has 0 radical (unpaired) electrons. The largest absolute Gasteiger partial charge is 0.476 e. The van der Waals surface area contributed by atoms with Crippen LogP contribution in [-0.2, 0) is 29.1 Å². The van der Waals surface area contributed by atoms with Gasteiger partial charge < -0.3 is 15.0 Å². The summed E-state index contributed by atoms with van der Waals surface area (Å²) in [6, 6.07) is 34.6. The van der Waals surface area contributed by atoms with Gasteiger partial charge in [0.05, 0.1) is 5.69 Å². The minimum Gasteiger partial charge on any atom is -0.476 e. The highest BCUT2D eigenvalue weighted by Gasteiger charge is 2.42. The highest BCUT2D eigenvalue weighted by atomic mass is 16.5. The van der Waals surface area contributed by atoms with E-state index in [0.29, 0.717) is 43.1 Å². The maximum atomic E-state index is 14.0. The molecule has 0 aromatic heterocycles. The second kappa shape index (κ2) is 12.7. The minimum absolute atomic E-state index is 0.164. The standard InChI is InChI=1S/C35H35N3O4/c1-35(2)34(41)38(25-32(39)36-23-27-14-8-4-9-15-27)30-22-29(18-19-31(30)42-35)33(40)37(24-28-16-10-5-11-17-28)21-20-26-12-6-3-7-13-26/h3-19,22H,20-21,23-25H2,1-2H3,(H,36,39). The number of anilines is 1. The smallest absolute Gasteiger partial charge is 0.271 e. The number of benzene rings is 4. The van der Waals surface area contributed by atoms with Crippen LogP contribution in [0.15, 0.2) is 109 Å². The highest BCUT2D eigenvalue weighted by Crippen LogP contribution is 2.38. The summed E-state index contributed by atoms with van der Waals surface area (Å²) in [5, 5.41) is 2.89. The van der Waals surface area contributed by atoms with Crippen molar-refractivity contribution in [3.05, 3.63) is 131 Å². The Hall–Kier alpha value is -4.91. The zero-order valence-electron chi connectivity index (χ0n) is 24.0. The molecule has 1 heterocycles. The Morgan fingerprint density at radius 3 is 2.05 bits per heavy atom. The molecule has 0 aliphatic carbocycles. The van der Waals surface area contributed by atoms with Crippen molar-refractivity contribution in [1.82, 2.24) is 10.2 Å². The number of carbonyl (C=O) groups excluding carboxylic acids is 3. The van der Waals surface area contributed by atoms with Gasteiger partial charge in [0.25, 0.3) is 11.8 Å². The number of hydrogen-bond acceptors (Lipinski definition) is 4. The van der Waals surface area contributed by atoms with Gasteiger partial charge in [0.15, 0.2) is 5.60 Å². The van der Waals surface area contributed by atoms with Crippen LogP contribution in [0.1, 0.15) is 40.9 Å². The SMILES string of the molecule is CC1(C)Oc2ccc(C(=O)N(CCc3ccccc3)Cc3ccccc3)cc2N(CC(=O)NCc2ccccc2)C1=O. The van der Waals surface area contributed by atoms with E-state index in [2.05, 4.69) is 17.4 Å². The van der Waals surface area contributed by atoms with Gasteiger partial charge in [0.1, 0.15) is 12.3 Å². The lowest BCUT2D eigenvalue weighted by Gasteiger charge is -2.38. The van der Waals surface area contributed by atoms with E-state index in [1.54, 1.807) is 32.0 Å². The lowest BCUT2D eigenvalue weighted by atomic mass is 10.0. The zero-order chi connectivity index (χ0) is 29.5. The first-order chi connectivity index (χ1) is 20.3. The fraction of sp³-hybridized carbons (Fsp3) is 0.229. The molecule has 214 valence electrons. The Morgan fingerprint density at radius 1 is 0.810 bits per heavy atom. The van der Waals surface area contributed by atoms with E-state index in [1.807, 2.05) is 83.8 Å². The van der Waals surface area contributed by atoms with Crippen LogP contribution in [0, 0.1) is 0 Å². The molecule has 4 aromatic carbocycles. The second-order valence-corrected chi connectivity index (χ2v) is 10.9. The number of hydrogen-bond donors (Lipinski definition) is 1. The lowest BCUT2D eigenvalue weighted by molar-refractivity contribution is -0.134. The van der Waals surface area contributed by atoms with Gasteiger partial charge in [-0.25, -0.2) is 0 Å². The molecule has 1 aliphatic heterocycles. The number of nitrogens with one attached hydrogen (secondary N) is 1. The van der Waals surface area contributed by atoms with Gasteiger partial charge in [-0.1, -0.05) is 91.0 Å². The zero-order valence-corrected chi connectivity index (χ0v) is 24.0. The molecule has 0 bridgehead atoms. The number of ether oxygens (including phenoxy) is 1. The van der Waals surface area contributed by atoms with Crippen LogP contribution >= 0.6 is 0 Å². The minimum atomic E-state index is -1.16. The van der Waals surface area contributed by atoms with E-state index in [-0.39, 0.29) is 24.3 Å². The molecule has 1 N–H and O–H groups in total. The van der Waals surface area contributed by atoms with Crippen molar-refractivity contribution in [3.63, 3.8) is 0 Å². The van der Waals surface area contributed by atoms with Crippen LogP contribution in [0.5, 0.6) is 5.75 Å². The normalized spacial score (nSPS) is 13.6. The van der Waals surface area contributed by atoms with Crippen molar-refractivity contribution in [2.45, 2.75) is 39.0 Å². The maximum Gasteiger partial charge on any atom is 0.271 e. The Kier molecular flexibility index (Phi) is 8.67. The average molecular weight is 562 g/mol. The third-order valence-electron chi connectivity index (χ3n) is 7.27. The van der Waals surface area contributed by atoms with Gasteiger partial charge >= 0.3 is 0 Å². The molecular formula is C35H35N3O4. The third kappa shape index (κ3) is 6.86. The van der Waals surface area contributed by atoms with Crippen molar-refractivity contribution in [3.8, 4) is 5.75 Å². The molecule has 3 amide bonds. The summed E-state index contributed by atoms with van der Waals surface area (Å²) in [6.45, 7) is 4.48. The Bertz CT molecular complexity index is 1540. The molecule has 42 heavy (non-hydrogen) atoms. The first kappa shape index (κ1) is 28.6. The number of carbonyl (C=O) groups is 3. The van der Waals surface area contributed by atoms with Crippen molar-refractivity contribution >= 4 is 23.4 Å². The molecule has 1 aliphatic rings. The molecule has 4 aromatic rings. The van der Waals surface area contributed by atoms with Crippen LogP contribution in [0.25, 0.3) is 0 Å². The maximum absolute atomic E-state index is 14.0. The van der Waals surface area contributed by atoms with Crippen molar-refractivity contribution < 1.29 is 19.1 Å². The van der Waals surface area contributed by atoms with Gasteiger partial charge in [0.2, 0.25) is 5.91 Å². The Balaban J connectivity index is 1.39. The number of nitrogens with zero attached hydrogens (tertiary/aromatic N) is 2.